The first-order valence-electron chi connectivity index (χ1n) is 8.60. The number of halogens is 2. The number of carbonyl (C=O) groups is 3. The van der Waals surface area contributed by atoms with Gasteiger partial charge in [-0.05, 0) is 37.8 Å². The van der Waals surface area contributed by atoms with Crippen molar-refractivity contribution in [3.05, 3.63) is 33.8 Å². The number of benzene rings is 1. The van der Waals surface area contributed by atoms with Crippen LogP contribution in [0.3, 0.4) is 0 Å². The molecule has 2 atom stereocenters. The van der Waals surface area contributed by atoms with Gasteiger partial charge in [-0.25, -0.2) is 4.79 Å². The molecule has 8 heteroatoms. The highest BCUT2D eigenvalue weighted by atomic mass is 35.5. The second-order valence-corrected chi connectivity index (χ2v) is 8.00. The molecule has 0 aliphatic carbocycles. The summed E-state index contributed by atoms with van der Waals surface area (Å²) in [4.78, 5) is 40.6. The van der Waals surface area contributed by atoms with E-state index >= 15 is 0 Å². The van der Waals surface area contributed by atoms with Crippen LogP contribution in [-0.2, 0) is 15.1 Å². The normalized spacial score (nSPS) is 26.2. The van der Waals surface area contributed by atoms with Gasteiger partial charge in [-0.1, -0.05) is 36.2 Å². The summed E-state index contributed by atoms with van der Waals surface area (Å²) in [5, 5.41) is 3.38. The van der Waals surface area contributed by atoms with Gasteiger partial charge in [-0.15, -0.1) is 0 Å². The zero-order valence-electron chi connectivity index (χ0n) is 14.7. The second kappa shape index (κ2) is 7.08. The average molecular weight is 398 g/mol. The number of imide groups is 1. The van der Waals surface area contributed by atoms with Gasteiger partial charge in [0, 0.05) is 28.7 Å². The van der Waals surface area contributed by atoms with Gasteiger partial charge in [0.05, 0.1) is 0 Å². The van der Waals surface area contributed by atoms with Crippen LogP contribution < -0.4 is 5.32 Å². The number of piperidine rings is 1. The highest BCUT2D eigenvalue weighted by molar-refractivity contribution is 6.35. The highest BCUT2D eigenvalue weighted by Crippen LogP contribution is 2.35. The molecular formula is C18H21Cl2N3O3. The summed E-state index contributed by atoms with van der Waals surface area (Å²) in [5.74, 6) is -0.287. The summed E-state index contributed by atoms with van der Waals surface area (Å²) in [7, 11) is 0. The molecule has 6 nitrogen and oxygen atoms in total. The van der Waals surface area contributed by atoms with Gasteiger partial charge >= 0.3 is 6.03 Å². The van der Waals surface area contributed by atoms with E-state index in [0.29, 0.717) is 29.6 Å². The van der Waals surface area contributed by atoms with Crippen molar-refractivity contribution in [3.8, 4) is 0 Å². The third-order valence-electron chi connectivity index (χ3n) is 5.05. The minimum Gasteiger partial charge on any atom is -0.341 e. The Balaban J connectivity index is 1.79. The summed E-state index contributed by atoms with van der Waals surface area (Å²) in [6, 6.07) is 4.14. The Kier molecular flexibility index (Phi) is 5.17. The van der Waals surface area contributed by atoms with Gasteiger partial charge in [0.25, 0.3) is 5.91 Å². The maximum Gasteiger partial charge on any atom is 0.325 e. The number of rotatable bonds is 3. The first-order valence-corrected chi connectivity index (χ1v) is 9.35. The number of likely N-dealkylation sites (tertiary alicyclic amines) is 1. The van der Waals surface area contributed by atoms with E-state index in [1.807, 2.05) is 0 Å². The Morgan fingerprint density at radius 2 is 2.08 bits per heavy atom. The fraction of sp³-hybridized carbons (Fsp3) is 0.500. The van der Waals surface area contributed by atoms with Crippen molar-refractivity contribution in [2.45, 2.75) is 32.2 Å². The molecule has 2 aliphatic heterocycles. The van der Waals surface area contributed by atoms with Crippen LogP contribution in [0.2, 0.25) is 10.0 Å². The van der Waals surface area contributed by atoms with Crippen LogP contribution in [0.15, 0.2) is 18.2 Å². The van der Waals surface area contributed by atoms with Crippen LogP contribution in [0.5, 0.6) is 0 Å². The molecule has 0 spiro atoms. The first kappa shape index (κ1) is 19.0. The van der Waals surface area contributed by atoms with Gasteiger partial charge in [0.1, 0.15) is 12.1 Å². The molecule has 2 heterocycles. The largest absolute Gasteiger partial charge is 0.341 e. The minimum atomic E-state index is -1.33. The van der Waals surface area contributed by atoms with Crippen LogP contribution in [0.4, 0.5) is 4.79 Å². The molecule has 2 saturated heterocycles. The lowest BCUT2D eigenvalue weighted by Crippen LogP contribution is -2.47. The third kappa shape index (κ3) is 3.40. The van der Waals surface area contributed by atoms with Crippen molar-refractivity contribution in [2.24, 2.45) is 5.92 Å². The van der Waals surface area contributed by atoms with E-state index in [-0.39, 0.29) is 17.5 Å². The number of carbonyl (C=O) groups excluding carboxylic acids is 3. The number of urea groups is 1. The predicted molar refractivity (Wildman–Crippen MR) is 99.0 cm³/mol. The van der Waals surface area contributed by atoms with Gasteiger partial charge in [0.2, 0.25) is 5.91 Å². The van der Waals surface area contributed by atoms with E-state index in [9.17, 15) is 14.4 Å². The first-order chi connectivity index (χ1) is 12.2. The number of nitrogens with one attached hydrogen (secondary N) is 1. The number of amides is 4. The minimum absolute atomic E-state index is 0.216. The van der Waals surface area contributed by atoms with Crippen LogP contribution in [-0.4, -0.2) is 47.3 Å². The molecule has 4 amide bonds. The standard InChI is InChI=1S/C18H21Cl2N3O3/c1-11-4-3-7-22(9-11)15(24)10-23-16(25)18(2,21-17(23)26)13-6-5-12(19)8-14(13)20/h5-6,8,11H,3-4,7,9-10H2,1-2H3,(H,21,26). The lowest BCUT2D eigenvalue weighted by molar-refractivity contribution is -0.139. The molecule has 1 N–H and O–H groups in total. The highest BCUT2D eigenvalue weighted by Gasteiger charge is 2.50. The van der Waals surface area contributed by atoms with E-state index in [1.54, 1.807) is 24.0 Å². The molecule has 0 bridgehead atoms. The molecule has 1 aromatic rings. The van der Waals surface area contributed by atoms with Crippen molar-refractivity contribution >= 4 is 41.0 Å². The topological polar surface area (TPSA) is 69.7 Å². The van der Waals surface area contributed by atoms with E-state index in [0.717, 1.165) is 17.7 Å². The van der Waals surface area contributed by atoms with E-state index < -0.39 is 17.5 Å². The Hall–Kier alpha value is -1.79. The van der Waals surface area contributed by atoms with Crippen LogP contribution in [0, 0.1) is 5.92 Å². The Bertz CT molecular complexity index is 770. The summed E-state index contributed by atoms with van der Waals surface area (Å²) < 4.78 is 0. The van der Waals surface area contributed by atoms with Gasteiger partial charge in [0.15, 0.2) is 0 Å². The molecule has 1 aromatic carbocycles. The number of nitrogens with zero attached hydrogens (tertiary/aromatic N) is 2. The van der Waals surface area contributed by atoms with E-state index in [4.69, 9.17) is 23.2 Å². The molecule has 0 radical (unpaired) electrons. The molecular weight excluding hydrogens is 377 g/mol. The Morgan fingerprint density at radius 1 is 1.35 bits per heavy atom. The summed E-state index contributed by atoms with van der Waals surface area (Å²) >= 11 is 12.1. The lowest BCUT2D eigenvalue weighted by atomic mass is 9.92. The molecule has 0 saturated carbocycles. The average Bonchev–Trinajstić information content (AvgIpc) is 2.78. The van der Waals surface area contributed by atoms with E-state index in [2.05, 4.69) is 12.2 Å². The smallest absolute Gasteiger partial charge is 0.325 e. The van der Waals surface area contributed by atoms with Gasteiger partial charge in [-0.2, -0.15) is 0 Å². The maximum atomic E-state index is 12.9. The molecule has 0 aromatic heterocycles. The summed E-state index contributed by atoms with van der Waals surface area (Å²) in [5.41, 5.74) is -0.878. The van der Waals surface area contributed by atoms with Crippen LogP contribution >= 0.6 is 23.2 Å². The monoisotopic (exact) mass is 397 g/mol. The fourth-order valence-electron chi connectivity index (χ4n) is 3.57. The molecule has 2 aliphatic rings. The van der Waals surface area contributed by atoms with Gasteiger partial charge in [-0.3, -0.25) is 14.5 Å². The summed E-state index contributed by atoms with van der Waals surface area (Å²) in [6.45, 7) is 4.72. The number of hydrogen-bond donors (Lipinski definition) is 1. The van der Waals surface area contributed by atoms with Crippen molar-refractivity contribution in [1.82, 2.24) is 15.1 Å². The zero-order valence-corrected chi connectivity index (χ0v) is 16.2. The van der Waals surface area contributed by atoms with Crippen molar-refractivity contribution in [1.29, 1.82) is 0 Å². The maximum absolute atomic E-state index is 12.9. The molecule has 26 heavy (non-hydrogen) atoms. The Labute approximate surface area is 162 Å². The molecule has 3 rings (SSSR count). The quantitative estimate of drug-likeness (QED) is 0.796. The van der Waals surface area contributed by atoms with Crippen molar-refractivity contribution in [3.63, 3.8) is 0 Å². The van der Waals surface area contributed by atoms with Crippen molar-refractivity contribution < 1.29 is 14.4 Å². The number of hydrogen-bond acceptors (Lipinski definition) is 3. The van der Waals surface area contributed by atoms with Crippen molar-refractivity contribution in [2.75, 3.05) is 19.6 Å². The Morgan fingerprint density at radius 3 is 2.73 bits per heavy atom. The van der Waals surface area contributed by atoms with E-state index in [1.165, 1.54) is 6.07 Å². The molecule has 140 valence electrons. The zero-order chi connectivity index (χ0) is 19.1. The molecule has 2 fully saturated rings. The summed E-state index contributed by atoms with van der Waals surface area (Å²) in [6.07, 6.45) is 2.02. The van der Waals surface area contributed by atoms with Crippen LogP contribution in [0.1, 0.15) is 32.3 Å². The third-order valence-corrected chi connectivity index (χ3v) is 5.60. The fourth-order valence-corrected chi connectivity index (χ4v) is 4.17. The van der Waals surface area contributed by atoms with Crippen LogP contribution in [0.25, 0.3) is 0 Å². The van der Waals surface area contributed by atoms with Gasteiger partial charge < -0.3 is 10.2 Å². The second-order valence-electron chi connectivity index (χ2n) is 7.16. The lowest BCUT2D eigenvalue weighted by Gasteiger charge is -2.32. The predicted octanol–water partition coefficient (Wildman–Crippen LogP) is 3.02. The molecule has 2 unspecified atom stereocenters. The SMILES string of the molecule is CC1CCCN(C(=O)CN2C(=O)NC(C)(c3ccc(Cl)cc3Cl)C2=O)C1.